The lowest BCUT2D eigenvalue weighted by Crippen LogP contribution is -2.41. The van der Waals surface area contributed by atoms with E-state index in [4.69, 9.17) is 0 Å². The Morgan fingerprint density at radius 3 is 2.37 bits per heavy atom. The average molecular weight is 378 g/mol. The molecule has 2 fully saturated rings. The molecule has 27 heavy (non-hydrogen) atoms. The summed E-state index contributed by atoms with van der Waals surface area (Å²) in [6.07, 6.45) is 5.23. The molecule has 0 radical (unpaired) electrons. The number of rotatable bonds is 4. The summed E-state index contributed by atoms with van der Waals surface area (Å²) in [6, 6.07) is 17.7. The topological polar surface area (TPSA) is 57.9 Å². The van der Waals surface area contributed by atoms with Crippen molar-refractivity contribution < 1.29 is 9.00 Å². The van der Waals surface area contributed by atoms with Gasteiger partial charge in [-0.3, -0.25) is 9.00 Å². The van der Waals surface area contributed by atoms with Crippen LogP contribution in [0.1, 0.15) is 43.2 Å². The number of carbonyl (C=O) groups excluding carboxylic acids is 1. The van der Waals surface area contributed by atoms with Crippen LogP contribution in [0.4, 0.5) is 0 Å². The molecule has 3 nitrogen and oxygen atoms in total. The van der Waals surface area contributed by atoms with E-state index in [9.17, 15) is 14.3 Å². The first kappa shape index (κ1) is 18.1. The molecule has 0 N–H and O–H groups in total. The zero-order valence-corrected chi connectivity index (χ0v) is 16.1. The molecule has 2 heterocycles. The maximum atomic E-state index is 12.8. The monoisotopic (exact) mass is 377 g/mol. The molecule has 2 atom stereocenters. The van der Waals surface area contributed by atoms with Gasteiger partial charge in [0.1, 0.15) is 5.78 Å². The number of hydrogen-bond acceptors (Lipinski definition) is 3. The van der Waals surface area contributed by atoms with Crippen LogP contribution in [0.3, 0.4) is 0 Å². The zero-order valence-electron chi connectivity index (χ0n) is 15.3. The van der Waals surface area contributed by atoms with Gasteiger partial charge in [-0.1, -0.05) is 48.9 Å². The number of hydrogen-bond donors (Lipinski definition) is 0. The van der Waals surface area contributed by atoms with Gasteiger partial charge in [-0.25, -0.2) is 0 Å². The van der Waals surface area contributed by atoms with Crippen LogP contribution in [-0.2, 0) is 22.0 Å². The normalized spacial score (nSPS) is 26.9. The van der Waals surface area contributed by atoms with Crippen molar-refractivity contribution >= 4 is 16.6 Å². The summed E-state index contributed by atoms with van der Waals surface area (Å²) in [6.45, 7) is 0. The number of Topliss-reactive ketones (excluding diaryl/α,β-unsaturated/α-hetero) is 1. The molecule has 0 aromatic heterocycles. The fraction of sp³-hybridized carbons (Fsp3) is 0.391. The highest BCUT2D eigenvalue weighted by Gasteiger charge is 2.40. The summed E-state index contributed by atoms with van der Waals surface area (Å²) in [4.78, 5) is 12.8. The molecule has 4 heteroatoms. The number of ketones is 1. The number of carbonyl (C=O) groups is 1. The van der Waals surface area contributed by atoms with Gasteiger partial charge < -0.3 is 0 Å². The van der Waals surface area contributed by atoms with Gasteiger partial charge in [0, 0.05) is 33.6 Å². The van der Waals surface area contributed by atoms with Crippen molar-refractivity contribution in [3.63, 3.8) is 0 Å². The Hall–Kier alpha value is -2.25. The molecule has 138 valence electrons. The van der Waals surface area contributed by atoms with Crippen molar-refractivity contribution in [3.8, 4) is 17.2 Å². The SMILES string of the molecule is N#Cc1ccccc1-c1ccc(CC(=O)C2CC3CCCC(C2)S3=O)cc1. The average Bonchev–Trinajstić information content (AvgIpc) is 2.68. The third-order valence-corrected chi connectivity index (χ3v) is 8.12. The van der Waals surface area contributed by atoms with Crippen LogP contribution in [0.25, 0.3) is 11.1 Å². The number of fused-ring (bicyclic) bond motifs is 2. The minimum atomic E-state index is -0.726. The van der Waals surface area contributed by atoms with Gasteiger partial charge in [-0.05, 0) is 48.4 Å². The van der Waals surface area contributed by atoms with E-state index >= 15 is 0 Å². The van der Waals surface area contributed by atoms with Crippen LogP contribution in [0.5, 0.6) is 0 Å². The summed E-state index contributed by atoms with van der Waals surface area (Å²) < 4.78 is 12.3. The number of nitrogens with zero attached hydrogens (tertiary/aromatic N) is 1. The van der Waals surface area contributed by atoms with E-state index < -0.39 is 10.8 Å². The summed E-state index contributed by atoms with van der Waals surface area (Å²) in [5, 5.41) is 9.73. The van der Waals surface area contributed by atoms with Crippen LogP contribution < -0.4 is 0 Å². The van der Waals surface area contributed by atoms with E-state index in [1.807, 2.05) is 48.5 Å². The lowest BCUT2D eigenvalue weighted by atomic mass is 9.84. The fourth-order valence-electron chi connectivity index (χ4n) is 4.48. The smallest absolute Gasteiger partial charge is 0.140 e. The van der Waals surface area contributed by atoms with Crippen LogP contribution >= 0.6 is 0 Å². The largest absolute Gasteiger partial charge is 0.299 e. The Bertz CT molecular complexity index is 897. The molecule has 2 bridgehead atoms. The second-order valence-corrected chi connectivity index (χ2v) is 9.66. The van der Waals surface area contributed by atoms with Crippen LogP contribution in [-0.4, -0.2) is 20.5 Å². The third-order valence-electron chi connectivity index (χ3n) is 5.95. The van der Waals surface area contributed by atoms with Gasteiger partial charge in [0.15, 0.2) is 0 Å². The molecule has 0 spiro atoms. The van der Waals surface area contributed by atoms with Crippen molar-refractivity contribution in [2.45, 2.75) is 49.0 Å². The standard InChI is InChI=1S/C23H23NO2S/c24-15-18-4-1-2-7-22(18)17-10-8-16(9-11-17)12-23(25)19-13-20-5-3-6-21(14-19)27(20)26/h1-2,4,7-11,19-21H,3,5-6,12-14H2. The molecule has 0 aliphatic carbocycles. The zero-order chi connectivity index (χ0) is 18.8. The van der Waals surface area contributed by atoms with Crippen LogP contribution in [0.2, 0.25) is 0 Å². The Labute approximate surface area is 162 Å². The highest BCUT2D eigenvalue weighted by Crippen LogP contribution is 2.37. The Kier molecular flexibility index (Phi) is 5.22. The molecule has 2 aromatic rings. The van der Waals surface area contributed by atoms with E-state index in [0.29, 0.717) is 12.0 Å². The van der Waals surface area contributed by atoms with Gasteiger partial charge in [0.25, 0.3) is 0 Å². The predicted octanol–water partition coefficient (Wildman–Crippen LogP) is 4.42. The summed E-state index contributed by atoms with van der Waals surface area (Å²) >= 11 is 0. The number of benzene rings is 2. The van der Waals surface area contributed by atoms with Gasteiger partial charge in [0.2, 0.25) is 0 Å². The minimum absolute atomic E-state index is 0.0667. The van der Waals surface area contributed by atoms with Gasteiger partial charge >= 0.3 is 0 Å². The highest BCUT2D eigenvalue weighted by atomic mass is 32.2. The maximum absolute atomic E-state index is 12.8. The van der Waals surface area contributed by atoms with Gasteiger partial charge in [-0.2, -0.15) is 5.26 Å². The van der Waals surface area contributed by atoms with E-state index in [-0.39, 0.29) is 22.2 Å². The minimum Gasteiger partial charge on any atom is -0.299 e. The predicted molar refractivity (Wildman–Crippen MR) is 108 cm³/mol. The summed E-state index contributed by atoms with van der Waals surface area (Å²) in [5.74, 6) is 0.353. The number of nitriles is 1. The Morgan fingerprint density at radius 2 is 1.70 bits per heavy atom. The van der Waals surface area contributed by atoms with Gasteiger partial charge in [-0.15, -0.1) is 0 Å². The van der Waals surface area contributed by atoms with Crippen molar-refractivity contribution in [3.05, 3.63) is 59.7 Å². The second kappa shape index (κ2) is 7.78. The van der Waals surface area contributed by atoms with Crippen molar-refractivity contribution in [2.24, 2.45) is 5.92 Å². The first-order valence-electron chi connectivity index (χ1n) is 9.66. The van der Waals surface area contributed by atoms with Crippen molar-refractivity contribution in [1.29, 1.82) is 5.26 Å². The van der Waals surface area contributed by atoms with E-state index in [0.717, 1.165) is 48.8 Å². The lowest BCUT2D eigenvalue weighted by Gasteiger charge is -2.37. The van der Waals surface area contributed by atoms with Crippen LogP contribution in [0, 0.1) is 17.2 Å². The third kappa shape index (κ3) is 3.75. The second-order valence-electron chi connectivity index (χ2n) is 7.67. The van der Waals surface area contributed by atoms with E-state index in [1.54, 1.807) is 0 Å². The highest BCUT2D eigenvalue weighted by molar-refractivity contribution is 7.86. The molecule has 0 saturated carbocycles. The fourth-order valence-corrected chi connectivity index (χ4v) is 6.66. The Morgan fingerprint density at radius 1 is 1.04 bits per heavy atom. The first-order valence-corrected chi connectivity index (χ1v) is 10.9. The van der Waals surface area contributed by atoms with Gasteiger partial charge in [0.05, 0.1) is 11.6 Å². The Balaban J connectivity index is 1.45. The quantitative estimate of drug-likeness (QED) is 0.793. The first-order chi connectivity index (χ1) is 13.2. The molecule has 4 rings (SSSR count). The van der Waals surface area contributed by atoms with E-state index in [2.05, 4.69) is 6.07 Å². The molecule has 2 unspecified atom stereocenters. The molecule has 0 amide bonds. The van der Waals surface area contributed by atoms with Crippen molar-refractivity contribution in [2.75, 3.05) is 0 Å². The molecular weight excluding hydrogens is 354 g/mol. The van der Waals surface area contributed by atoms with E-state index in [1.165, 1.54) is 0 Å². The molecule has 2 aliphatic heterocycles. The molecule has 2 aliphatic rings. The van der Waals surface area contributed by atoms with Crippen molar-refractivity contribution in [1.82, 2.24) is 0 Å². The molecule has 2 aromatic carbocycles. The maximum Gasteiger partial charge on any atom is 0.140 e. The molecule has 2 saturated heterocycles. The summed E-state index contributed by atoms with van der Waals surface area (Å²) in [5.41, 5.74) is 3.57. The lowest BCUT2D eigenvalue weighted by molar-refractivity contribution is -0.122. The summed E-state index contributed by atoms with van der Waals surface area (Å²) in [7, 11) is -0.726. The molecular formula is C23H23NO2S. The van der Waals surface area contributed by atoms with Crippen LogP contribution in [0.15, 0.2) is 48.5 Å².